The molecule has 0 aromatic carbocycles. The molecule has 1 nitrogen and oxygen atoms in total. The summed E-state index contributed by atoms with van der Waals surface area (Å²) in [5.74, 6) is 0. The molecule has 1 aromatic heterocycles. The Labute approximate surface area is 72.9 Å². The number of hydrogen-bond acceptors (Lipinski definition) is 1. The van der Waals surface area contributed by atoms with Gasteiger partial charge in [0.25, 0.3) is 0 Å². The van der Waals surface area contributed by atoms with Gasteiger partial charge < -0.3 is 0 Å². The van der Waals surface area contributed by atoms with Gasteiger partial charge in [-0.3, -0.25) is 0 Å². The van der Waals surface area contributed by atoms with Crippen LogP contribution >= 0.6 is 27.5 Å². The van der Waals surface area contributed by atoms with Crippen molar-refractivity contribution in [3.63, 3.8) is 0 Å². The minimum Gasteiger partial charge on any atom is -0.240 e. The van der Waals surface area contributed by atoms with E-state index in [0.29, 0.717) is 10.7 Å². The molecule has 0 atom stereocenters. The SMILES string of the molecule is C=C(Cl)c1cccc(Br)n1. The lowest BCUT2D eigenvalue weighted by Crippen LogP contribution is -1.81. The largest absolute Gasteiger partial charge is 0.240 e. The molecule has 10 heavy (non-hydrogen) atoms. The summed E-state index contributed by atoms with van der Waals surface area (Å²) in [7, 11) is 0. The molecule has 1 aromatic rings. The highest BCUT2D eigenvalue weighted by atomic mass is 79.9. The molecule has 0 aliphatic carbocycles. The maximum absolute atomic E-state index is 5.60. The molecule has 1 rings (SSSR count). The predicted molar refractivity (Wildman–Crippen MR) is 46.8 cm³/mol. The van der Waals surface area contributed by atoms with Gasteiger partial charge in [-0.15, -0.1) is 0 Å². The maximum Gasteiger partial charge on any atom is 0.106 e. The van der Waals surface area contributed by atoms with Gasteiger partial charge in [0.15, 0.2) is 0 Å². The zero-order valence-electron chi connectivity index (χ0n) is 5.14. The molecule has 1 heterocycles. The fourth-order valence-electron chi connectivity index (χ4n) is 0.559. The van der Waals surface area contributed by atoms with Gasteiger partial charge in [-0.05, 0) is 28.1 Å². The second kappa shape index (κ2) is 3.17. The molecule has 0 aliphatic rings. The first-order chi connectivity index (χ1) is 4.70. The van der Waals surface area contributed by atoms with E-state index in [1.807, 2.05) is 12.1 Å². The predicted octanol–water partition coefficient (Wildman–Crippen LogP) is 3.05. The number of nitrogens with zero attached hydrogens (tertiary/aromatic N) is 1. The van der Waals surface area contributed by atoms with Crippen molar-refractivity contribution < 1.29 is 0 Å². The quantitative estimate of drug-likeness (QED) is 0.660. The summed E-state index contributed by atoms with van der Waals surface area (Å²) in [6.45, 7) is 3.55. The van der Waals surface area contributed by atoms with Crippen molar-refractivity contribution in [2.24, 2.45) is 0 Å². The van der Waals surface area contributed by atoms with Crippen LogP contribution in [-0.4, -0.2) is 4.98 Å². The standard InChI is InChI=1S/C7H5BrClN/c1-5(9)6-3-2-4-7(8)10-6/h2-4H,1H2. The molecular formula is C7H5BrClN. The minimum absolute atomic E-state index is 0.460. The Morgan fingerprint density at radius 1 is 1.60 bits per heavy atom. The number of hydrogen-bond donors (Lipinski definition) is 0. The third kappa shape index (κ3) is 1.82. The molecule has 0 spiro atoms. The fourth-order valence-corrected chi connectivity index (χ4v) is 1.01. The number of aromatic nitrogens is 1. The maximum atomic E-state index is 5.60. The van der Waals surface area contributed by atoms with Crippen molar-refractivity contribution in [3.8, 4) is 0 Å². The second-order valence-corrected chi connectivity index (χ2v) is 3.02. The van der Waals surface area contributed by atoms with Crippen LogP contribution < -0.4 is 0 Å². The van der Waals surface area contributed by atoms with Gasteiger partial charge >= 0.3 is 0 Å². The van der Waals surface area contributed by atoms with E-state index in [2.05, 4.69) is 27.5 Å². The summed E-state index contributed by atoms with van der Waals surface area (Å²) < 4.78 is 0.770. The van der Waals surface area contributed by atoms with Crippen molar-refractivity contribution in [1.82, 2.24) is 4.98 Å². The summed E-state index contributed by atoms with van der Waals surface area (Å²) >= 11 is 8.82. The molecule has 0 N–H and O–H groups in total. The molecule has 0 saturated heterocycles. The fraction of sp³-hybridized carbons (Fsp3) is 0. The van der Waals surface area contributed by atoms with Crippen molar-refractivity contribution >= 4 is 32.6 Å². The lowest BCUT2D eigenvalue weighted by molar-refractivity contribution is 1.24. The van der Waals surface area contributed by atoms with Gasteiger partial charge in [0.1, 0.15) is 4.60 Å². The van der Waals surface area contributed by atoms with Gasteiger partial charge in [-0.2, -0.15) is 0 Å². The Hall–Kier alpha value is -0.340. The Morgan fingerprint density at radius 3 is 2.70 bits per heavy atom. The van der Waals surface area contributed by atoms with Gasteiger partial charge in [-0.1, -0.05) is 24.2 Å². The van der Waals surface area contributed by atoms with Crippen molar-refractivity contribution in [1.29, 1.82) is 0 Å². The zero-order chi connectivity index (χ0) is 7.56. The first-order valence-corrected chi connectivity index (χ1v) is 3.84. The molecule has 52 valence electrons. The summed E-state index contributed by atoms with van der Waals surface area (Å²) in [6.07, 6.45) is 0. The van der Waals surface area contributed by atoms with Crippen LogP contribution in [0.25, 0.3) is 5.03 Å². The molecule has 0 fully saturated rings. The average molecular weight is 218 g/mol. The van der Waals surface area contributed by atoms with Crippen LogP contribution in [0.15, 0.2) is 29.4 Å². The van der Waals surface area contributed by atoms with E-state index in [-0.39, 0.29) is 0 Å². The Kier molecular flexibility index (Phi) is 2.46. The minimum atomic E-state index is 0.460. The molecule has 3 heteroatoms. The summed E-state index contributed by atoms with van der Waals surface area (Å²) in [5, 5.41) is 0.460. The van der Waals surface area contributed by atoms with Crippen molar-refractivity contribution in [2.75, 3.05) is 0 Å². The van der Waals surface area contributed by atoms with E-state index in [4.69, 9.17) is 11.6 Å². The molecule has 0 saturated carbocycles. The van der Waals surface area contributed by atoms with E-state index in [1.165, 1.54) is 0 Å². The highest BCUT2D eigenvalue weighted by molar-refractivity contribution is 9.10. The number of rotatable bonds is 1. The molecule has 0 aliphatic heterocycles. The van der Waals surface area contributed by atoms with Crippen LogP contribution in [0.3, 0.4) is 0 Å². The zero-order valence-corrected chi connectivity index (χ0v) is 7.48. The second-order valence-electron chi connectivity index (χ2n) is 1.75. The van der Waals surface area contributed by atoms with Crippen LogP contribution in [-0.2, 0) is 0 Å². The number of pyridine rings is 1. The first-order valence-electron chi connectivity index (χ1n) is 2.67. The molecule has 0 amide bonds. The number of halogens is 2. The van der Waals surface area contributed by atoms with E-state index in [1.54, 1.807) is 6.07 Å². The van der Waals surface area contributed by atoms with Crippen LogP contribution in [0.2, 0.25) is 0 Å². The lowest BCUT2D eigenvalue weighted by atomic mass is 10.3. The third-order valence-electron chi connectivity index (χ3n) is 0.993. The highest BCUT2D eigenvalue weighted by Crippen LogP contribution is 2.15. The van der Waals surface area contributed by atoms with Gasteiger partial charge in [0, 0.05) is 0 Å². The Balaban J connectivity index is 3.07. The van der Waals surface area contributed by atoms with Crippen LogP contribution in [0.4, 0.5) is 0 Å². The van der Waals surface area contributed by atoms with E-state index in [9.17, 15) is 0 Å². The van der Waals surface area contributed by atoms with Crippen molar-refractivity contribution in [2.45, 2.75) is 0 Å². The summed E-state index contributed by atoms with van der Waals surface area (Å²) in [5.41, 5.74) is 0.705. The van der Waals surface area contributed by atoms with Crippen LogP contribution in [0, 0.1) is 0 Å². The summed E-state index contributed by atoms with van der Waals surface area (Å²) in [6, 6.07) is 5.50. The molecular weight excluding hydrogens is 213 g/mol. The monoisotopic (exact) mass is 217 g/mol. The topological polar surface area (TPSA) is 12.9 Å². The summed E-state index contributed by atoms with van der Waals surface area (Å²) in [4.78, 5) is 4.06. The van der Waals surface area contributed by atoms with Crippen LogP contribution in [0.5, 0.6) is 0 Å². The smallest absolute Gasteiger partial charge is 0.106 e. The Bertz CT molecular complexity index is 260. The van der Waals surface area contributed by atoms with E-state index < -0.39 is 0 Å². The molecule has 0 radical (unpaired) electrons. The van der Waals surface area contributed by atoms with Crippen molar-refractivity contribution in [3.05, 3.63) is 35.1 Å². The van der Waals surface area contributed by atoms with E-state index in [0.717, 1.165) is 4.60 Å². The Morgan fingerprint density at radius 2 is 2.30 bits per heavy atom. The lowest BCUT2D eigenvalue weighted by Gasteiger charge is -1.94. The van der Waals surface area contributed by atoms with Gasteiger partial charge in [-0.25, -0.2) is 4.98 Å². The third-order valence-corrected chi connectivity index (χ3v) is 1.63. The highest BCUT2D eigenvalue weighted by Gasteiger charge is 1.95. The van der Waals surface area contributed by atoms with E-state index >= 15 is 0 Å². The average Bonchev–Trinajstić information content (AvgIpc) is 1.88. The normalized spacial score (nSPS) is 9.40. The van der Waals surface area contributed by atoms with Gasteiger partial charge in [0.2, 0.25) is 0 Å². The molecule has 0 bridgehead atoms. The van der Waals surface area contributed by atoms with Crippen LogP contribution in [0.1, 0.15) is 5.69 Å². The molecule has 0 unspecified atom stereocenters. The first kappa shape index (κ1) is 7.76. The van der Waals surface area contributed by atoms with Gasteiger partial charge in [0.05, 0.1) is 10.7 Å².